The van der Waals surface area contributed by atoms with Gasteiger partial charge in [-0.1, -0.05) is 36.4 Å². The Hall–Kier alpha value is -2.53. The molecular weight excluding hydrogens is 398 g/mol. The number of urea groups is 1. The number of hydrogen-bond acceptors (Lipinski definition) is 3. The predicted octanol–water partition coefficient (Wildman–Crippen LogP) is 5.34. The second kappa shape index (κ2) is 10.9. The van der Waals surface area contributed by atoms with Crippen molar-refractivity contribution in [3.05, 3.63) is 59.7 Å². The molecule has 172 valence electrons. The van der Waals surface area contributed by atoms with E-state index in [1.165, 1.54) is 24.8 Å². The van der Waals surface area contributed by atoms with Gasteiger partial charge < -0.3 is 19.9 Å². The number of amides is 2. The highest BCUT2D eigenvalue weighted by Gasteiger charge is 2.33. The number of methoxy groups -OCH3 is 1. The molecule has 2 aromatic carbocycles. The molecule has 1 aliphatic heterocycles. The van der Waals surface area contributed by atoms with Crippen molar-refractivity contribution in [2.24, 2.45) is 5.92 Å². The van der Waals surface area contributed by atoms with Crippen LogP contribution < -0.4 is 10.1 Å². The molecule has 0 unspecified atom stereocenters. The molecule has 5 nitrogen and oxygen atoms in total. The average Bonchev–Trinajstić information content (AvgIpc) is 3.63. The fourth-order valence-electron chi connectivity index (χ4n) is 4.69. The van der Waals surface area contributed by atoms with Gasteiger partial charge in [-0.05, 0) is 81.2 Å². The molecule has 1 aliphatic carbocycles. The predicted molar refractivity (Wildman–Crippen MR) is 130 cm³/mol. The number of piperidine rings is 1. The van der Waals surface area contributed by atoms with Gasteiger partial charge in [0.15, 0.2) is 0 Å². The number of rotatable bonds is 9. The van der Waals surface area contributed by atoms with Gasteiger partial charge in [-0.3, -0.25) is 0 Å². The third-order valence-corrected chi connectivity index (χ3v) is 6.79. The van der Waals surface area contributed by atoms with E-state index >= 15 is 0 Å². The smallest absolute Gasteiger partial charge is 0.322 e. The van der Waals surface area contributed by atoms with Crippen LogP contribution in [0.1, 0.15) is 43.2 Å². The normalized spacial score (nSPS) is 17.2. The van der Waals surface area contributed by atoms with E-state index in [1.807, 2.05) is 25.1 Å². The Morgan fingerprint density at radius 3 is 2.53 bits per heavy atom. The maximum absolute atomic E-state index is 13.3. The number of benzene rings is 2. The van der Waals surface area contributed by atoms with E-state index in [4.69, 9.17) is 4.74 Å². The average molecular weight is 436 g/mol. The van der Waals surface area contributed by atoms with Crippen molar-refractivity contribution in [1.82, 2.24) is 9.80 Å². The first-order valence-electron chi connectivity index (χ1n) is 12.1. The lowest BCUT2D eigenvalue weighted by atomic mass is 10.0. The van der Waals surface area contributed by atoms with Crippen LogP contribution in [-0.2, 0) is 6.42 Å². The zero-order valence-electron chi connectivity index (χ0n) is 19.6. The first-order chi connectivity index (χ1) is 15.6. The zero-order chi connectivity index (χ0) is 22.3. The zero-order valence-corrected chi connectivity index (χ0v) is 19.6. The highest BCUT2D eigenvalue weighted by atomic mass is 16.5. The fraction of sp³-hybridized carbons (Fsp3) is 0.519. The van der Waals surface area contributed by atoms with Crippen LogP contribution in [0.15, 0.2) is 48.5 Å². The minimum Gasteiger partial charge on any atom is -0.495 e. The summed E-state index contributed by atoms with van der Waals surface area (Å²) in [5.41, 5.74) is 3.29. The van der Waals surface area contributed by atoms with Gasteiger partial charge in [-0.15, -0.1) is 0 Å². The molecule has 1 saturated carbocycles. The lowest BCUT2D eigenvalue weighted by molar-refractivity contribution is 0.123. The fourth-order valence-corrected chi connectivity index (χ4v) is 4.69. The summed E-state index contributed by atoms with van der Waals surface area (Å²) in [6.45, 7) is 6.18. The van der Waals surface area contributed by atoms with Crippen molar-refractivity contribution < 1.29 is 9.53 Å². The minimum absolute atomic E-state index is 0.0170. The van der Waals surface area contributed by atoms with Gasteiger partial charge in [0.05, 0.1) is 12.8 Å². The largest absolute Gasteiger partial charge is 0.495 e. The van der Waals surface area contributed by atoms with Gasteiger partial charge in [0.25, 0.3) is 0 Å². The number of aryl methyl sites for hydroxylation is 2. The molecule has 0 bridgehead atoms. The number of anilines is 1. The lowest BCUT2D eigenvalue weighted by Gasteiger charge is -2.38. The maximum Gasteiger partial charge on any atom is 0.322 e. The van der Waals surface area contributed by atoms with Crippen LogP contribution in [0, 0.1) is 12.8 Å². The Bertz CT molecular complexity index is 874. The highest BCUT2D eigenvalue weighted by Crippen LogP contribution is 2.33. The van der Waals surface area contributed by atoms with Gasteiger partial charge in [-0.2, -0.15) is 0 Å². The molecule has 1 heterocycles. The van der Waals surface area contributed by atoms with Gasteiger partial charge in [-0.25, -0.2) is 4.79 Å². The monoisotopic (exact) mass is 435 g/mol. The van der Waals surface area contributed by atoms with E-state index in [1.54, 1.807) is 7.11 Å². The van der Waals surface area contributed by atoms with E-state index in [9.17, 15) is 4.79 Å². The number of carbonyl (C=O) groups is 1. The number of hydrogen-bond donors (Lipinski definition) is 1. The number of carbonyl (C=O) groups excluding carboxylic acids is 1. The molecule has 2 amide bonds. The molecule has 1 saturated heterocycles. The van der Waals surface area contributed by atoms with E-state index in [-0.39, 0.29) is 6.03 Å². The van der Waals surface area contributed by atoms with Crippen LogP contribution in [0.4, 0.5) is 10.5 Å². The Morgan fingerprint density at radius 2 is 1.84 bits per heavy atom. The third-order valence-electron chi connectivity index (χ3n) is 6.79. The second-order valence-corrected chi connectivity index (χ2v) is 9.39. The van der Waals surface area contributed by atoms with Crippen molar-refractivity contribution >= 4 is 11.7 Å². The molecular formula is C27H37N3O2. The van der Waals surface area contributed by atoms with Crippen molar-refractivity contribution in [1.29, 1.82) is 0 Å². The van der Waals surface area contributed by atoms with Crippen LogP contribution in [-0.4, -0.2) is 55.2 Å². The Labute approximate surface area is 192 Å². The van der Waals surface area contributed by atoms with E-state index in [2.05, 4.69) is 45.4 Å². The Kier molecular flexibility index (Phi) is 7.69. The summed E-state index contributed by atoms with van der Waals surface area (Å²) in [6.07, 6.45) is 6.92. The van der Waals surface area contributed by atoms with Crippen molar-refractivity contribution in [2.75, 3.05) is 38.6 Å². The highest BCUT2D eigenvalue weighted by molar-refractivity contribution is 5.91. The molecule has 5 heteroatoms. The van der Waals surface area contributed by atoms with Crippen LogP contribution in [0.5, 0.6) is 5.75 Å². The lowest BCUT2D eigenvalue weighted by Crippen LogP contribution is -2.49. The summed E-state index contributed by atoms with van der Waals surface area (Å²) in [5.74, 6) is 1.38. The topological polar surface area (TPSA) is 44.8 Å². The van der Waals surface area contributed by atoms with Gasteiger partial charge in [0.1, 0.15) is 5.75 Å². The molecule has 2 aromatic rings. The van der Waals surface area contributed by atoms with Crippen molar-refractivity contribution in [3.63, 3.8) is 0 Å². The third kappa shape index (κ3) is 6.26. The number of ether oxygens (including phenoxy) is 1. The second-order valence-electron chi connectivity index (χ2n) is 9.39. The SMILES string of the molecule is COc1ccc(C)cc1NC(=O)N(CC1CC1)C1CCN(CCCc2ccccc2)CC1. The summed E-state index contributed by atoms with van der Waals surface area (Å²) in [4.78, 5) is 18.0. The van der Waals surface area contributed by atoms with Gasteiger partial charge >= 0.3 is 6.03 Å². The molecule has 4 rings (SSSR count). The molecule has 2 aliphatic rings. The van der Waals surface area contributed by atoms with E-state index in [0.717, 1.165) is 56.7 Å². The van der Waals surface area contributed by atoms with Gasteiger partial charge in [0.2, 0.25) is 0 Å². The first-order valence-corrected chi connectivity index (χ1v) is 12.1. The summed E-state index contributed by atoms with van der Waals surface area (Å²) in [7, 11) is 1.65. The molecule has 0 atom stereocenters. The van der Waals surface area contributed by atoms with E-state index < -0.39 is 0 Å². The van der Waals surface area contributed by atoms with Crippen LogP contribution in [0.3, 0.4) is 0 Å². The summed E-state index contributed by atoms with van der Waals surface area (Å²) in [6, 6.07) is 17.0. The van der Waals surface area contributed by atoms with Crippen LogP contribution >= 0.6 is 0 Å². The van der Waals surface area contributed by atoms with Crippen LogP contribution in [0.2, 0.25) is 0 Å². The number of nitrogens with zero attached hydrogens (tertiary/aromatic N) is 2. The summed E-state index contributed by atoms with van der Waals surface area (Å²) < 4.78 is 5.46. The molecule has 32 heavy (non-hydrogen) atoms. The quantitative estimate of drug-likeness (QED) is 0.578. The maximum atomic E-state index is 13.3. The van der Waals surface area contributed by atoms with Crippen LogP contribution in [0.25, 0.3) is 0 Å². The molecule has 2 fully saturated rings. The summed E-state index contributed by atoms with van der Waals surface area (Å²) in [5, 5.41) is 3.14. The van der Waals surface area contributed by atoms with Crippen molar-refractivity contribution in [3.8, 4) is 5.75 Å². The van der Waals surface area contributed by atoms with Gasteiger partial charge in [0, 0.05) is 25.7 Å². The molecule has 0 spiro atoms. The standard InChI is InChI=1S/C27H37N3O2/c1-21-10-13-26(32-2)25(19-21)28-27(31)30(20-23-11-12-23)24-14-17-29(18-15-24)16-6-9-22-7-4-3-5-8-22/h3-5,7-8,10,13,19,23-24H,6,9,11-12,14-18,20H2,1-2H3,(H,28,31). The number of likely N-dealkylation sites (tertiary alicyclic amines) is 1. The first kappa shape index (κ1) is 22.7. The van der Waals surface area contributed by atoms with Crippen molar-refractivity contribution in [2.45, 2.75) is 51.5 Å². The van der Waals surface area contributed by atoms with E-state index in [0.29, 0.717) is 17.7 Å². The molecule has 1 N–H and O–H groups in total. The minimum atomic E-state index is 0.0170. The molecule has 0 aromatic heterocycles. The number of nitrogens with one attached hydrogen (secondary N) is 1. The summed E-state index contributed by atoms with van der Waals surface area (Å²) >= 11 is 0. The molecule has 0 radical (unpaired) electrons. The Morgan fingerprint density at radius 1 is 1.09 bits per heavy atom. The Balaban J connectivity index is 1.31.